The summed E-state index contributed by atoms with van der Waals surface area (Å²) in [5.41, 5.74) is 3.74. The van der Waals surface area contributed by atoms with Gasteiger partial charge in [0.05, 0.1) is 18.2 Å². The van der Waals surface area contributed by atoms with Crippen LogP contribution in [0, 0.1) is 5.92 Å². The van der Waals surface area contributed by atoms with Gasteiger partial charge in [0.1, 0.15) is 5.60 Å². The molecule has 4 rings (SSSR count). The highest BCUT2D eigenvalue weighted by atomic mass is 16.6. The third-order valence-electron chi connectivity index (χ3n) is 6.50. The topological polar surface area (TPSA) is 59.1 Å². The molecule has 1 saturated heterocycles. The first kappa shape index (κ1) is 24.3. The molecule has 0 aliphatic carbocycles. The van der Waals surface area contributed by atoms with E-state index in [9.17, 15) is 9.59 Å². The predicted molar refractivity (Wildman–Crippen MR) is 133 cm³/mol. The first-order valence-corrected chi connectivity index (χ1v) is 12.3. The van der Waals surface area contributed by atoms with E-state index in [2.05, 4.69) is 35.2 Å². The minimum absolute atomic E-state index is 0.0549. The molecule has 2 atom stereocenters. The molecule has 1 fully saturated rings. The first-order chi connectivity index (χ1) is 16.3. The molecular weight excluding hydrogens is 428 g/mol. The number of esters is 1. The zero-order valence-electron chi connectivity index (χ0n) is 20.8. The van der Waals surface area contributed by atoms with Crippen molar-refractivity contribution in [2.45, 2.75) is 58.6 Å². The van der Waals surface area contributed by atoms with Gasteiger partial charge in [-0.1, -0.05) is 48.5 Å². The van der Waals surface area contributed by atoms with E-state index in [1.165, 1.54) is 5.56 Å². The van der Waals surface area contributed by atoms with Crippen LogP contribution in [0.4, 0.5) is 10.5 Å². The van der Waals surface area contributed by atoms with E-state index in [0.717, 1.165) is 42.7 Å². The van der Waals surface area contributed by atoms with Gasteiger partial charge in [-0.25, -0.2) is 4.79 Å². The fourth-order valence-corrected chi connectivity index (χ4v) is 5.14. The second-order valence-corrected chi connectivity index (χ2v) is 10.2. The van der Waals surface area contributed by atoms with Crippen molar-refractivity contribution in [2.75, 3.05) is 31.1 Å². The zero-order chi connectivity index (χ0) is 24.3. The standard InChI is InChI=1S/C28H36N2O4/c1-5-33-26(31)24-19-29(17-20-11-7-6-8-12-20)18-23(24)22-15-9-13-21-14-10-16-30(25(21)22)27(32)34-28(2,3)4/h6-9,11-13,15,23-24H,5,10,14,16-19H2,1-4H3. The quantitative estimate of drug-likeness (QED) is 0.573. The third kappa shape index (κ3) is 5.44. The summed E-state index contributed by atoms with van der Waals surface area (Å²) in [5.74, 6) is -0.501. The van der Waals surface area contributed by atoms with Gasteiger partial charge in [0.15, 0.2) is 0 Å². The minimum atomic E-state index is -0.572. The number of carbonyl (C=O) groups is 2. The average molecular weight is 465 g/mol. The maximum atomic E-state index is 13.2. The Morgan fingerprint density at radius 1 is 1.03 bits per heavy atom. The second kappa shape index (κ2) is 10.2. The highest BCUT2D eigenvalue weighted by molar-refractivity contribution is 5.91. The number of likely N-dealkylation sites (tertiary alicyclic amines) is 1. The van der Waals surface area contributed by atoms with Crippen molar-refractivity contribution >= 4 is 17.7 Å². The molecule has 2 aromatic rings. The maximum Gasteiger partial charge on any atom is 0.414 e. The van der Waals surface area contributed by atoms with Crippen molar-refractivity contribution < 1.29 is 19.1 Å². The molecule has 1 amide bonds. The normalized spacial score (nSPS) is 20.6. The van der Waals surface area contributed by atoms with Gasteiger partial charge in [0, 0.05) is 32.1 Å². The summed E-state index contributed by atoms with van der Waals surface area (Å²) >= 11 is 0. The summed E-state index contributed by atoms with van der Waals surface area (Å²) in [5, 5.41) is 0. The lowest BCUT2D eigenvalue weighted by Gasteiger charge is -2.35. The number of hydrogen-bond donors (Lipinski definition) is 0. The van der Waals surface area contributed by atoms with E-state index in [4.69, 9.17) is 9.47 Å². The highest BCUT2D eigenvalue weighted by Crippen LogP contribution is 2.42. The molecule has 6 nitrogen and oxygen atoms in total. The molecule has 2 heterocycles. The molecule has 34 heavy (non-hydrogen) atoms. The molecule has 2 unspecified atom stereocenters. The Bertz CT molecular complexity index is 1010. The van der Waals surface area contributed by atoms with Gasteiger partial charge in [-0.05, 0) is 57.2 Å². The van der Waals surface area contributed by atoms with Gasteiger partial charge in [-0.15, -0.1) is 0 Å². The zero-order valence-corrected chi connectivity index (χ0v) is 20.8. The minimum Gasteiger partial charge on any atom is -0.466 e. The number of fused-ring (bicyclic) bond motifs is 1. The van der Waals surface area contributed by atoms with Crippen LogP contribution in [-0.4, -0.2) is 48.8 Å². The third-order valence-corrected chi connectivity index (χ3v) is 6.50. The number of nitrogens with zero attached hydrogens (tertiary/aromatic N) is 2. The van der Waals surface area contributed by atoms with Crippen LogP contribution in [0.15, 0.2) is 48.5 Å². The molecule has 0 aromatic heterocycles. The van der Waals surface area contributed by atoms with Crippen LogP contribution in [0.2, 0.25) is 0 Å². The van der Waals surface area contributed by atoms with E-state index in [-0.39, 0.29) is 23.9 Å². The Balaban J connectivity index is 1.68. The molecule has 2 aromatic carbocycles. The molecule has 6 heteroatoms. The van der Waals surface area contributed by atoms with Gasteiger partial charge in [0.2, 0.25) is 0 Å². The second-order valence-electron chi connectivity index (χ2n) is 10.2. The number of benzene rings is 2. The van der Waals surface area contributed by atoms with Gasteiger partial charge in [-0.2, -0.15) is 0 Å². The van der Waals surface area contributed by atoms with E-state index < -0.39 is 5.60 Å². The maximum absolute atomic E-state index is 13.2. The molecule has 0 spiro atoms. The predicted octanol–water partition coefficient (Wildman–Crippen LogP) is 5.15. The number of amides is 1. The molecule has 0 radical (unpaired) electrons. The number of anilines is 1. The summed E-state index contributed by atoms with van der Waals surface area (Å²) in [6.07, 6.45) is 1.47. The fourth-order valence-electron chi connectivity index (χ4n) is 5.14. The molecule has 2 aliphatic heterocycles. The van der Waals surface area contributed by atoms with Crippen molar-refractivity contribution in [2.24, 2.45) is 5.92 Å². The summed E-state index contributed by atoms with van der Waals surface area (Å²) < 4.78 is 11.2. The SMILES string of the molecule is CCOC(=O)C1CN(Cc2ccccc2)CC1c1cccc2c1N(C(=O)OC(C)(C)C)CCC2. The lowest BCUT2D eigenvalue weighted by atomic mass is 9.84. The highest BCUT2D eigenvalue weighted by Gasteiger charge is 2.42. The van der Waals surface area contributed by atoms with Crippen molar-refractivity contribution in [1.29, 1.82) is 0 Å². The van der Waals surface area contributed by atoms with Crippen LogP contribution >= 0.6 is 0 Å². The van der Waals surface area contributed by atoms with E-state index in [0.29, 0.717) is 19.7 Å². The number of rotatable bonds is 5. The Morgan fingerprint density at radius 3 is 2.50 bits per heavy atom. The number of para-hydroxylation sites is 1. The Morgan fingerprint density at radius 2 is 1.79 bits per heavy atom. The van der Waals surface area contributed by atoms with Gasteiger partial charge in [-0.3, -0.25) is 14.6 Å². The van der Waals surface area contributed by atoms with E-state index in [1.807, 2.05) is 45.9 Å². The molecule has 0 N–H and O–H groups in total. The number of ether oxygens (including phenoxy) is 2. The van der Waals surface area contributed by atoms with Crippen molar-refractivity contribution in [3.63, 3.8) is 0 Å². The number of aryl methyl sites for hydroxylation is 1. The summed E-state index contributed by atoms with van der Waals surface area (Å²) in [6, 6.07) is 16.5. The van der Waals surface area contributed by atoms with Gasteiger partial charge in [0.25, 0.3) is 0 Å². The van der Waals surface area contributed by atoms with E-state index in [1.54, 1.807) is 4.90 Å². The number of hydrogen-bond acceptors (Lipinski definition) is 5. The van der Waals surface area contributed by atoms with Crippen molar-refractivity contribution in [3.8, 4) is 0 Å². The van der Waals surface area contributed by atoms with Crippen LogP contribution in [-0.2, 0) is 27.2 Å². The summed E-state index contributed by atoms with van der Waals surface area (Å²) in [4.78, 5) is 30.3. The fraction of sp³-hybridized carbons (Fsp3) is 0.500. The first-order valence-electron chi connectivity index (χ1n) is 12.3. The molecule has 2 aliphatic rings. The van der Waals surface area contributed by atoms with E-state index >= 15 is 0 Å². The molecule has 0 bridgehead atoms. The number of carbonyl (C=O) groups excluding carboxylic acids is 2. The lowest BCUT2D eigenvalue weighted by molar-refractivity contribution is -0.148. The monoisotopic (exact) mass is 464 g/mol. The smallest absolute Gasteiger partial charge is 0.414 e. The van der Waals surface area contributed by atoms with Crippen LogP contribution in [0.1, 0.15) is 56.7 Å². The van der Waals surface area contributed by atoms with Gasteiger partial charge >= 0.3 is 12.1 Å². The summed E-state index contributed by atoms with van der Waals surface area (Å²) in [7, 11) is 0. The van der Waals surface area contributed by atoms with Crippen LogP contribution < -0.4 is 4.90 Å². The average Bonchev–Trinajstić information content (AvgIpc) is 3.21. The molecule has 182 valence electrons. The van der Waals surface area contributed by atoms with Gasteiger partial charge < -0.3 is 9.47 Å². The van der Waals surface area contributed by atoms with Crippen LogP contribution in [0.5, 0.6) is 0 Å². The lowest BCUT2D eigenvalue weighted by Crippen LogP contribution is -2.41. The Labute approximate surface area is 202 Å². The van der Waals surface area contributed by atoms with Crippen LogP contribution in [0.25, 0.3) is 0 Å². The Kier molecular flexibility index (Phi) is 7.27. The van der Waals surface area contributed by atoms with Crippen molar-refractivity contribution in [1.82, 2.24) is 4.90 Å². The van der Waals surface area contributed by atoms with Crippen LogP contribution in [0.3, 0.4) is 0 Å². The largest absolute Gasteiger partial charge is 0.466 e. The summed E-state index contributed by atoms with van der Waals surface area (Å²) in [6.45, 7) is 10.6. The molecular formula is C28H36N2O4. The molecule has 0 saturated carbocycles. The Hall–Kier alpha value is -2.86. The van der Waals surface area contributed by atoms with Crippen molar-refractivity contribution in [3.05, 3.63) is 65.2 Å².